The van der Waals surface area contributed by atoms with Crippen molar-refractivity contribution >= 4 is 5.97 Å². The van der Waals surface area contributed by atoms with E-state index >= 15 is 0 Å². The van der Waals surface area contributed by atoms with Crippen LogP contribution in [0.1, 0.15) is 5.56 Å². The van der Waals surface area contributed by atoms with E-state index in [9.17, 15) is 18.7 Å². The van der Waals surface area contributed by atoms with Crippen LogP contribution in [0.3, 0.4) is 0 Å². The van der Waals surface area contributed by atoms with Gasteiger partial charge in [0, 0.05) is 6.54 Å². The van der Waals surface area contributed by atoms with E-state index < -0.39 is 24.5 Å². The number of likely N-dealkylation sites (N-methyl/N-ethyl adjacent to an activating group) is 2. The minimum atomic E-state index is -2.50. The number of hydrogen-bond acceptors (Lipinski definition) is 3. The Hall–Kier alpha value is -1.53. The highest BCUT2D eigenvalue weighted by atomic mass is 19.3. The predicted molar refractivity (Wildman–Crippen MR) is 68.3 cm³/mol. The number of hydrogen-bond donors (Lipinski definition) is 2. The van der Waals surface area contributed by atoms with E-state index in [2.05, 4.69) is 5.32 Å². The monoisotopic (exact) mass is 272 g/mol. The highest BCUT2D eigenvalue weighted by Gasteiger charge is 2.40. The molecule has 1 unspecified atom stereocenters. The van der Waals surface area contributed by atoms with E-state index in [1.165, 1.54) is 19.0 Å². The van der Waals surface area contributed by atoms with Gasteiger partial charge in [-0.3, -0.25) is 4.90 Å². The Morgan fingerprint density at radius 3 is 2.42 bits per heavy atom. The molecule has 19 heavy (non-hydrogen) atoms. The zero-order valence-corrected chi connectivity index (χ0v) is 10.9. The average Bonchev–Trinajstić information content (AvgIpc) is 2.35. The summed E-state index contributed by atoms with van der Waals surface area (Å²) in [6, 6.07) is 8.55. The largest absolute Gasteiger partial charge is 0.480 e. The fourth-order valence-electron chi connectivity index (χ4n) is 2.04. The molecule has 1 aromatic carbocycles. The number of nitrogens with zero attached hydrogens (tertiary/aromatic N) is 1. The molecule has 0 aromatic heterocycles. The third-order valence-electron chi connectivity index (χ3n) is 3.02. The van der Waals surface area contributed by atoms with Crippen LogP contribution in [0.5, 0.6) is 0 Å². The molecule has 106 valence electrons. The van der Waals surface area contributed by atoms with Gasteiger partial charge in [0.2, 0.25) is 0 Å². The number of rotatable bonds is 7. The molecule has 0 saturated heterocycles. The van der Waals surface area contributed by atoms with Crippen molar-refractivity contribution in [3.63, 3.8) is 0 Å². The Kier molecular flexibility index (Phi) is 5.38. The van der Waals surface area contributed by atoms with Gasteiger partial charge in [0.25, 0.3) is 6.43 Å². The Labute approximate surface area is 111 Å². The van der Waals surface area contributed by atoms with Gasteiger partial charge >= 0.3 is 5.97 Å². The fourth-order valence-corrected chi connectivity index (χ4v) is 2.04. The van der Waals surface area contributed by atoms with Gasteiger partial charge in [0.1, 0.15) is 0 Å². The van der Waals surface area contributed by atoms with Crippen molar-refractivity contribution in [3.8, 4) is 0 Å². The molecule has 0 bridgehead atoms. The zero-order valence-electron chi connectivity index (χ0n) is 10.9. The quantitative estimate of drug-likeness (QED) is 0.787. The van der Waals surface area contributed by atoms with Gasteiger partial charge in [-0.15, -0.1) is 0 Å². The summed E-state index contributed by atoms with van der Waals surface area (Å²) in [6.45, 7) is -0.517. The number of carbonyl (C=O) groups is 1. The van der Waals surface area contributed by atoms with Crippen LogP contribution < -0.4 is 5.32 Å². The summed E-state index contributed by atoms with van der Waals surface area (Å²) < 4.78 is 24.7. The third-order valence-corrected chi connectivity index (χ3v) is 3.02. The molecule has 0 aliphatic rings. The maximum atomic E-state index is 12.4. The predicted octanol–water partition coefficient (Wildman–Crippen LogP) is 1.38. The molecule has 0 fully saturated rings. The number of carboxylic acids is 1. The molecule has 0 spiro atoms. The van der Waals surface area contributed by atoms with Gasteiger partial charge in [0.05, 0.1) is 6.54 Å². The van der Waals surface area contributed by atoms with Crippen molar-refractivity contribution in [1.29, 1.82) is 0 Å². The van der Waals surface area contributed by atoms with Crippen LogP contribution in [-0.2, 0) is 10.3 Å². The lowest BCUT2D eigenvalue weighted by Crippen LogP contribution is -2.55. The highest BCUT2D eigenvalue weighted by molar-refractivity contribution is 5.81. The van der Waals surface area contributed by atoms with E-state index in [1.54, 1.807) is 30.3 Å². The molecule has 0 heterocycles. The molecule has 0 saturated carbocycles. The first-order valence-corrected chi connectivity index (χ1v) is 5.87. The lowest BCUT2D eigenvalue weighted by atomic mass is 9.89. The Balaban J connectivity index is 3.04. The minimum Gasteiger partial charge on any atom is -0.480 e. The summed E-state index contributed by atoms with van der Waals surface area (Å²) in [5, 5.41) is 12.2. The maximum absolute atomic E-state index is 12.4. The van der Waals surface area contributed by atoms with Crippen molar-refractivity contribution in [2.75, 3.05) is 27.2 Å². The first-order chi connectivity index (χ1) is 8.92. The van der Waals surface area contributed by atoms with Crippen LogP contribution in [0.2, 0.25) is 0 Å². The second-order valence-corrected chi connectivity index (χ2v) is 4.41. The molecule has 1 atom stereocenters. The number of nitrogens with one attached hydrogen (secondary N) is 1. The molecule has 1 rings (SSSR count). The fraction of sp³-hybridized carbons (Fsp3) is 0.462. The van der Waals surface area contributed by atoms with E-state index in [4.69, 9.17) is 0 Å². The molecule has 0 aliphatic carbocycles. The van der Waals surface area contributed by atoms with Gasteiger partial charge in [0.15, 0.2) is 5.54 Å². The second kappa shape index (κ2) is 6.58. The van der Waals surface area contributed by atoms with Crippen LogP contribution in [0.4, 0.5) is 8.78 Å². The standard InChI is InChI=1S/C13H18F2N2O2/c1-16-13(12(18)19,9-17(2)8-11(14)15)10-6-4-3-5-7-10/h3-7,11,16H,8-9H2,1-2H3,(H,18,19). The number of halogens is 2. The molecule has 1 aromatic rings. The minimum absolute atomic E-state index is 0.0484. The van der Waals surface area contributed by atoms with Gasteiger partial charge in [-0.1, -0.05) is 30.3 Å². The molecule has 0 radical (unpaired) electrons. The summed E-state index contributed by atoms with van der Waals surface area (Å²) in [5.41, 5.74) is -0.864. The summed E-state index contributed by atoms with van der Waals surface area (Å²) in [7, 11) is 2.99. The molecule has 2 N–H and O–H groups in total. The first-order valence-electron chi connectivity index (χ1n) is 5.87. The van der Waals surface area contributed by atoms with Crippen molar-refractivity contribution in [1.82, 2.24) is 10.2 Å². The Morgan fingerprint density at radius 2 is 2.00 bits per heavy atom. The van der Waals surface area contributed by atoms with Crippen LogP contribution in [0.15, 0.2) is 30.3 Å². The topological polar surface area (TPSA) is 52.6 Å². The smallest absolute Gasteiger partial charge is 0.329 e. The van der Waals surface area contributed by atoms with Crippen molar-refractivity contribution < 1.29 is 18.7 Å². The summed E-state index contributed by atoms with van der Waals surface area (Å²) in [5.74, 6) is -1.10. The molecular weight excluding hydrogens is 254 g/mol. The highest BCUT2D eigenvalue weighted by Crippen LogP contribution is 2.22. The summed E-state index contributed by atoms with van der Waals surface area (Å²) >= 11 is 0. The Bertz CT molecular complexity index is 414. The first kappa shape index (κ1) is 15.5. The van der Waals surface area contributed by atoms with Crippen molar-refractivity contribution in [3.05, 3.63) is 35.9 Å². The zero-order chi connectivity index (χ0) is 14.5. The molecule has 0 aliphatic heterocycles. The van der Waals surface area contributed by atoms with Crippen LogP contribution in [-0.4, -0.2) is 49.6 Å². The molecule has 0 amide bonds. The van der Waals surface area contributed by atoms with Gasteiger partial charge < -0.3 is 10.4 Å². The van der Waals surface area contributed by atoms with E-state index in [-0.39, 0.29) is 6.54 Å². The normalized spacial score (nSPS) is 14.6. The lowest BCUT2D eigenvalue weighted by molar-refractivity contribution is -0.146. The van der Waals surface area contributed by atoms with Crippen LogP contribution >= 0.6 is 0 Å². The molecule has 4 nitrogen and oxygen atoms in total. The second-order valence-electron chi connectivity index (χ2n) is 4.41. The van der Waals surface area contributed by atoms with Gasteiger partial charge in [-0.25, -0.2) is 13.6 Å². The maximum Gasteiger partial charge on any atom is 0.329 e. The van der Waals surface area contributed by atoms with Crippen LogP contribution in [0.25, 0.3) is 0 Å². The number of alkyl halides is 2. The summed E-state index contributed by atoms with van der Waals surface area (Å²) in [4.78, 5) is 12.9. The van der Waals surface area contributed by atoms with E-state index in [0.29, 0.717) is 5.56 Å². The van der Waals surface area contributed by atoms with E-state index in [0.717, 1.165) is 0 Å². The van der Waals surface area contributed by atoms with Crippen molar-refractivity contribution in [2.24, 2.45) is 0 Å². The third kappa shape index (κ3) is 3.71. The lowest BCUT2D eigenvalue weighted by Gasteiger charge is -2.33. The molecule has 6 heteroatoms. The van der Waals surface area contributed by atoms with Crippen molar-refractivity contribution in [2.45, 2.75) is 12.0 Å². The van der Waals surface area contributed by atoms with Crippen LogP contribution in [0, 0.1) is 0 Å². The number of carboxylic acid groups (broad SMARTS) is 1. The Morgan fingerprint density at radius 1 is 1.42 bits per heavy atom. The molecular formula is C13H18F2N2O2. The SMILES string of the molecule is CNC(CN(C)CC(F)F)(C(=O)O)c1ccccc1. The number of benzene rings is 1. The number of aliphatic carboxylic acids is 1. The van der Waals surface area contributed by atoms with Gasteiger partial charge in [-0.2, -0.15) is 0 Å². The summed E-state index contributed by atoms with van der Waals surface area (Å²) in [6.07, 6.45) is -2.50. The van der Waals surface area contributed by atoms with Gasteiger partial charge in [-0.05, 0) is 19.7 Å². The average molecular weight is 272 g/mol. The van der Waals surface area contributed by atoms with E-state index in [1.807, 2.05) is 0 Å².